The molecule has 2 aliphatic rings. The van der Waals surface area contributed by atoms with Crippen LogP contribution in [0.4, 0.5) is 10.6 Å². The Morgan fingerprint density at radius 2 is 1.51 bits per heavy atom. The van der Waals surface area contributed by atoms with Crippen molar-refractivity contribution in [3.8, 4) is 11.4 Å². The number of carbonyl (C=O) groups is 5. The van der Waals surface area contributed by atoms with Crippen LogP contribution in [0.1, 0.15) is 62.0 Å². The van der Waals surface area contributed by atoms with Crippen LogP contribution in [0.15, 0.2) is 60.7 Å². The Bertz CT molecular complexity index is 1870. The number of benzene rings is 2. The van der Waals surface area contributed by atoms with E-state index in [1.165, 1.54) is 21.9 Å². The van der Waals surface area contributed by atoms with Crippen molar-refractivity contribution in [2.24, 2.45) is 0 Å². The van der Waals surface area contributed by atoms with Crippen LogP contribution in [0, 0.1) is 0 Å². The first kappa shape index (κ1) is 42.8. The van der Waals surface area contributed by atoms with E-state index in [2.05, 4.69) is 10.3 Å². The van der Waals surface area contributed by atoms with Crippen molar-refractivity contribution in [1.29, 1.82) is 0 Å². The zero-order valence-corrected chi connectivity index (χ0v) is 33.3. The normalized spacial score (nSPS) is 16.6. The van der Waals surface area contributed by atoms with Crippen molar-refractivity contribution in [3.05, 3.63) is 71.9 Å². The molecule has 5 rings (SSSR count). The number of hydrogen-bond acceptors (Lipinski definition) is 13. The van der Waals surface area contributed by atoms with Crippen LogP contribution in [-0.2, 0) is 44.1 Å². The lowest BCUT2D eigenvalue weighted by molar-refractivity contribution is -0.233. The van der Waals surface area contributed by atoms with Gasteiger partial charge in [-0.05, 0) is 37.0 Å². The molecule has 2 saturated heterocycles. The fraction of sp³-hybridized carbons (Fsp3) is 0.462. The molecule has 2 fully saturated rings. The maximum absolute atomic E-state index is 14.1. The van der Waals surface area contributed by atoms with Crippen molar-refractivity contribution < 1.29 is 52.4 Å². The molecule has 57 heavy (non-hydrogen) atoms. The van der Waals surface area contributed by atoms with E-state index in [0.717, 1.165) is 6.42 Å². The molecular weight excluding hydrogens is 759 g/mol. The molecule has 0 bridgehead atoms. The van der Waals surface area contributed by atoms with Crippen LogP contribution in [0.5, 0.6) is 0 Å². The summed E-state index contributed by atoms with van der Waals surface area (Å²) in [5.74, 6) is -1.51. The molecule has 2 aliphatic heterocycles. The Kier molecular flexibility index (Phi) is 15.5. The molecule has 18 heteroatoms. The molecule has 0 aliphatic carbocycles. The highest BCUT2D eigenvalue weighted by atomic mass is 31.1. The summed E-state index contributed by atoms with van der Waals surface area (Å²) in [6.45, 7) is 3.49. The molecule has 2 N–H and O–H groups in total. The number of ether oxygens (including phenoxy) is 3. The zero-order valence-electron chi connectivity index (χ0n) is 32.3. The summed E-state index contributed by atoms with van der Waals surface area (Å²) in [5.41, 5.74) is 1.34. The van der Waals surface area contributed by atoms with Crippen molar-refractivity contribution in [2.45, 2.75) is 71.0 Å². The van der Waals surface area contributed by atoms with Crippen LogP contribution < -0.4 is 15.5 Å². The number of rotatable bonds is 17. The summed E-state index contributed by atoms with van der Waals surface area (Å²) in [5, 5.41) is 12.6. The van der Waals surface area contributed by atoms with E-state index < -0.39 is 50.4 Å². The van der Waals surface area contributed by atoms with E-state index >= 15 is 0 Å². The highest BCUT2D eigenvalue weighted by Crippen LogP contribution is 2.27. The Labute approximate surface area is 331 Å². The van der Waals surface area contributed by atoms with Crippen molar-refractivity contribution in [3.63, 3.8) is 0 Å². The zero-order chi connectivity index (χ0) is 40.9. The number of aromatic nitrogens is 2. The fourth-order valence-corrected chi connectivity index (χ4v) is 7.16. The number of methoxy groups -OCH3 is 1. The first-order chi connectivity index (χ1) is 27.5. The van der Waals surface area contributed by atoms with Gasteiger partial charge in [0.25, 0.3) is 5.91 Å². The third-order valence-corrected chi connectivity index (χ3v) is 10.7. The second kappa shape index (κ2) is 20.7. The Hall–Kier alpha value is -5.38. The van der Waals surface area contributed by atoms with Crippen molar-refractivity contribution >= 4 is 49.0 Å². The summed E-state index contributed by atoms with van der Waals surface area (Å²) >= 11 is 0. The second-order valence-electron chi connectivity index (χ2n) is 13.6. The number of anilines is 1. The van der Waals surface area contributed by atoms with E-state index in [1.807, 2.05) is 35.2 Å². The Morgan fingerprint density at radius 1 is 0.877 bits per heavy atom. The molecule has 3 amide bonds. The standard InChI is InChI=1S/C39H49N6O11P/c1-4-9-33(46)54-39(55-34(47)10-5-2)56-57(52)29-15-13-26(14-16-29)23-31(37(49)43-19-21-44(22-20-43)38(50)51)41-36(48)30-24-32(45-18-17-28(25-45)53-3)42-35(40-30)27-11-7-6-8-12-27/h6-8,11-16,24,28,31,39,57H,4-5,9-10,17-23,25H2,1-3H3,(H,41,48)(H,50,51)/t28-,31-/m0/s1. The number of amides is 3. The number of esters is 2. The lowest BCUT2D eigenvalue weighted by Gasteiger charge is -2.35. The number of carboxylic acid groups (broad SMARTS) is 1. The average molecular weight is 809 g/mol. The van der Waals surface area contributed by atoms with Gasteiger partial charge in [-0.1, -0.05) is 56.3 Å². The predicted octanol–water partition coefficient (Wildman–Crippen LogP) is 3.62. The van der Waals surface area contributed by atoms with Gasteiger partial charge in [-0.2, -0.15) is 0 Å². The molecular formula is C39H49N6O11P. The van der Waals surface area contributed by atoms with Crippen molar-refractivity contribution in [1.82, 2.24) is 25.1 Å². The molecule has 2 aromatic carbocycles. The van der Waals surface area contributed by atoms with Gasteiger partial charge < -0.3 is 39.3 Å². The Balaban J connectivity index is 1.37. The SMILES string of the molecule is CCCC(=O)OC(OC(=O)CCC)O[PH](=O)c1ccc(C[C@H](NC(=O)c2cc(N3CC[C@H](OC)C3)nc(-c3ccccc3)n2)C(=O)N2CCN(C(=O)O)CC2)cc1. The first-order valence-electron chi connectivity index (χ1n) is 19.0. The van der Waals surface area contributed by atoms with Gasteiger partial charge in [-0.25, -0.2) is 14.8 Å². The number of nitrogens with zero attached hydrogens (tertiary/aromatic N) is 5. The van der Waals surface area contributed by atoms with Crippen LogP contribution in [0.25, 0.3) is 11.4 Å². The summed E-state index contributed by atoms with van der Waals surface area (Å²) in [4.78, 5) is 78.1. The van der Waals surface area contributed by atoms with Crippen molar-refractivity contribution in [2.75, 3.05) is 51.3 Å². The van der Waals surface area contributed by atoms with Crippen LogP contribution >= 0.6 is 8.03 Å². The topological polar surface area (TPSA) is 207 Å². The summed E-state index contributed by atoms with van der Waals surface area (Å²) in [6.07, 6.45) is 0.788. The van der Waals surface area contributed by atoms with Gasteiger partial charge in [0.05, 0.1) is 6.10 Å². The number of piperazine rings is 1. The minimum absolute atomic E-state index is 0.00546. The third-order valence-electron chi connectivity index (χ3n) is 9.44. The molecule has 1 unspecified atom stereocenters. The molecule has 1 aromatic heterocycles. The van der Waals surface area contributed by atoms with E-state index in [0.29, 0.717) is 48.7 Å². The minimum Gasteiger partial charge on any atom is -0.465 e. The van der Waals surface area contributed by atoms with Crippen LogP contribution in [-0.4, -0.2) is 120 Å². The van der Waals surface area contributed by atoms with E-state index in [4.69, 9.17) is 23.7 Å². The smallest absolute Gasteiger partial charge is 0.407 e. The van der Waals surface area contributed by atoms with Crippen LogP contribution in [0.2, 0.25) is 0 Å². The lowest BCUT2D eigenvalue weighted by Crippen LogP contribution is -2.56. The van der Waals surface area contributed by atoms with E-state index in [1.54, 1.807) is 39.2 Å². The van der Waals surface area contributed by atoms with E-state index in [-0.39, 0.29) is 62.5 Å². The van der Waals surface area contributed by atoms with E-state index in [9.17, 15) is 33.6 Å². The summed E-state index contributed by atoms with van der Waals surface area (Å²) < 4.78 is 34.4. The van der Waals surface area contributed by atoms with Crippen LogP contribution in [0.3, 0.4) is 0 Å². The Morgan fingerprint density at radius 3 is 2.09 bits per heavy atom. The number of hydrogen-bond donors (Lipinski definition) is 2. The van der Waals surface area contributed by atoms with Gasteiger partial charge in [0.15, 0.2) is 5.82 Å². The first-order valence-corrected chi connectivity index (χ1v) is 20.3. The van der Waals surface area contributed by atoms with Gasteiger partial charge >= 0.3 is 24.5 Å². The highest BCUT2D eigenvalue weighted by Gasteiger charge is 2.32. The summed E-state index contributed by atoms with van der Waals surface area (Å²) in [7, 11) is -1.45. The van der Waals surface area contributed by atoms with Gasteiger partial charge in [0.1, 0.15) is 17.6 Å². The third kappa shape index (κ3) is 12.1. The predicted molar refractivity (Wildman–Crippen MR) is 208 cm³/mol. The van der Waals surface area contributed by atoms with Gasteiger partial charge in [0, 0.05) is 82.6 Å². The molecule has 17 nitrogen and oxygen atoms in total. The quantitative estimate of drug-likeness (QED) is 0.114. The lowest BCUT2D eigenvalue weighted by atomic mass is 10.0. The molecule has 0 saturated carbocycles. The fourth-order valence-electron chi connectivity index (χ4n) is 6.31. The van der Waals surface area contributed by atoms with Gasteiger partial charge in [0.2, 0.25) is 13.9 Å². The highest BCUT2D eigenvalue weighted by molar-refractivity contribution is 7.48. The monoisotopic (exact) mass is 808 g/mol. The van der Waals surface area contributed by atoms with Gasteiger partial charge in [-0.15, -0.1) is 0 Å². The molecule has 0 radical (unpaired) electrons. The summed E-state index contributed by atoms with van der Waals surface area (Å²) in [6, 6.07) is 16.0. The molecule has 3 heterocycles. The molecule has 0 spiro atoms. The number of nitrogens with one attached hydrogen (secondary N) is 1. The maximum atomic E-state index is 14.1. The molecule has 306 valence electrons. The van der Waals surface area contributed by atoms with Gasteiger partial charge in [-0.3, -0.25) is 28.3 Å². The largest absolute Gasteiger partial charge is 0.465 e. The average Bonchev–Trinajstić information content (AvgIpc) is 3.71. The minimum atomic E-state index is -3.10. The second-order valence-corrected chi connectivity index (χ2v) is 15.0. The maximum Gasteiger partial charge on any atom is 0.407 e. The molecule has 3 aromatic rings. The molecule has 3 atom stereocenters. The number of carbonyl (C=O) groups excluding carboxylic acids is 4.